The second kappa shape index (κ2) is 3.99. The molecule has 1 rings (SSSR count). The highest BCUT2D eigenvalue weighted by atomic mass is 32.1. The van der Waals surface area contributed by atoms with Crippen LogP contribution in [0.15, 0.2) is 11.5 Å². The van der Waals surface area contributed by atoms with Crippen LogP contribution in [-0.2, 0) is 0 Å². The van der Waals surface area contributed by atoms with E-state index >= 15 is 0 Å². The van der Waals surface area contributed by atoms with Crippen molar-refractivity contribution in [3.05, 3.63) is 11.5 Å². The van der Waals surface area contributed by atoms with Gasteiger partial charge in [-0.1, -0.05) is 25.3 Å². The van der Waals surface area contributed by atoms with Crippen LogP contribution >= 0.6 is 12.6 Å². The first kappa shape index (κ1) is 7.20. The van der Waals surface area contributed by atoms with E-state index in [9.17, 15) is 0 Å². The Morgan fingerprint density at radius 3 is 2.33 bits per heavy atom. The molecule has 0 radical (unpaired) electrons. The summed E-state index contributed by atoms with van der Waals surface area (Å²) in [6.07, 6.45) is 9.28. The maximum Gasteiger partial charge on any atom is -0.0225 e. The van der Waals surface area contributed by atoms with Crippen LogP contribution in [0.2, 0.25) is 0 Å². The lowest BCUT2D eigenvalue weighted by atomic mass is 9.90. The number of rotatable bonds is 1. The molecular formula is C8H14S. The van der Waals surface area contributed by atoms with Crippen LogP contribution in [0.1, 0.15) is 32.1 Å². The maximum atomic E-state index is 4.05. The monoisotopic (exact) mass is 142 g/mol. The van der Waals surface area contributed by atoms with E-state index in [2.05, 4.69) is 18.7 Å². The van der Waals surface area contributed by atoms with Gasteiger partial charge in [0.05, 0.1) is 0 Å². The third kappa shape index (κ3) is 2.44. The van der Waals surface area contributed by atoms with Crippen molar-refractivity contribution in [1.82, 2.24) is 0 Å². The van der Waals surface area contributed by atoms with Gasteiger partial charge >= 0.3 is 0 Å². The zero-order chi connectivity index (χ0) is 6.53. The van der Waals surface area contributed by atoms with Crippen LogP contribution in [0.25, 0.3) is 0 Å². The minimum atomic E-state index is 0.844. The molecule has 0 unspecified atom stereocenters. The zero-order valence-corrected chi connectivity index (χ0v) is 6.61. The minimum Gasteiger partial charge on any atom is -0.152 e. The Kier molecular flexibility index (Phi) is 3.20. The van der Waals surface area contributed by atoms with E-state index in [1.807, 2.05) is 5.41 Å². The van der Waals surface area contributed by atoms with E-state index < -0.39 is 0 Å². The number of hydrogen-bond donors (Lipinski definition) is 1. The summed E-state index contributed by atoms with van der Waals surface area (Å²) >= 11 is 4.05. The molecule has 0 aromatic heterocycles. The molecule has 1 saturated carbocycles. The minimum absolute atomic E-state index is 0.844. The topological polar surface area (TPSA) is 0 Å². The Labute approximate surface area is 62.8 Å². The lowest BCUT2D eigenvalue weighted by Gasteiger charge is -2.17. The molecule has 0 nitrogen and oxygen atoms in total. The Balaban J connectivity index is 2.23. The highest BCUT2D eigenvalue weighted by Crippen LogP contribution is 2.24. The van der Waals surface area contributed by atoms with Crippen molar-refractivity contribution in [2.24, 2.45) is 5.92 Å². The van der Waals surface area contributed by atoms with E-state index in [0.717, 1.165) is 5.92 Å². The fraction of sp³-hybridized carbons (Fsp3) is 0.750. The van der Waals surface area contributed by atoms with Gasteiger partial charge in [-0.15, -0.1) is 0 Å². The number of thiol groups is 1. The molecule has 0 spiro atoms. The predicted molar refractivity (Wildman–Crippen MR) is 44.7 cm³/mol. The average molecular weight is 142 g/mol. The molecule has 0 aromatic carbocycles. The molecule has 0 saturated heterocycles. The molecular weight excluding hydrogens is 128 g/mol. The molecule has 1 heteroatoms. The summed E-state index contributed by atoms with van der Waals surface area (Å²) in [5.74, 6) is 0.844. The summed E-state index contributed by atoms with van der Waals surface area (Å²) in [6.45, 7) is 0. The van der Waals surface area contributed by atoms with Gasteiger partial charge in [0.25, 0.3) is 0 Å². The van der Waals surface area contributed by atoms with Gasteiger partial charge in [-0.2, -0.15) is 12.6 Å². The number of allylic oxidation sites excluding steroid dienone is 1. The van der Waals surface area contributed by atoms with Gasteiger partial charge in [-0.05, 0) is 24.2 Å². The van der Waals surface area contributed by atoms with E-state index in [1.54, 1.807) is 0 Å². The molecule has 0 aromatic rings. The van der Waals surface area contributed by atoms with Gasteiger partial charge in [-0.25, -0.2) is 0 Å². The van der Waals surface area contributed by atoms with Crippen molar-refractivity contribution in [2.45, 2.75) is 32.1 Å². The molecule has 0 aliphatic heterocycles. The predicted octanol–water partition coefficient (Wildman–Crippen LogP) is 3.01. The Morgan fingerprint density at radius 2 is 1.78 bits per heavy atom. The molecule has 9 heavy (non-hydrogen) atoms. The van der Waals surface area contributed by atoms with Crippen LogP contribution in [0.4, 0.5) is 0 Å². The molecule has 0 heterocycles. The van der Waals surface area contributed by atoms with Crippen molar-refractivity contribution in [3.63, 3.8) is 0 Å². The van der Waals surface area contributed by atoms with Crippen LogP contribution in [0, 0.1) is 5.92 Å². The molecule has 1 fully saturated rings. The van der Waals surface area contributed by atoms with Crippen LogP contribution in [0.5, 0.6) is 0 Å². The first-order chi connectivity index (χ1) is 4.43. The Bertz CT molecular complexity index is 90.7. The van der Waals surface area contributed by atoms with E-state index in [1.165, 1.54) is 32.1 Å². The fourth-order valence-corrected chi connectivity index (χ4v) is 1.69. The lowest BCUT2D eigenvalue weighted by molar-refractivity contribution is 0.420. The summed E-state index contributed by atoms with van der Waals surface area (Å²) in [4.78, 5) is 0. The second-order valence-electron chi connectivity index (χ2n) is 2.74. The van der Waals surface area contributed by atoms with E-state index in [4.69, 9.17) is 0 Å². The number of hydrogen-bond acceptors (Lipinski definition) is 1. The van der Waals surface area contributed by atoms with E-state index in [0.29, 0.717) is 0 Å². The van der Waals surface area contributed by atoms with Crippen molar-refractivity contribution < 1.29 is 0 Å². The summed E-state index contributed by atoms with van der Waals surface area (Å²) in [5, 5.41) is 1.88. The van der Waals surface area contributed by atoms with Gasteiger partial charge in [0, 0.05) is 0 Å². The van der Waals surface area contributed by atoms with Crippen LogP contribution in [-0.4, -0.2) is 0 Å². The second-order valence-corrected chi connectivity index (χ2v) is 3.04. The van der Waals surface area contributed by atoms with Crippen molar-refractivity contribution in [1.29, 1.82) is 0 Å². The third-order valence-electron chi connectivity index (χ3n) is 2.01. The first-order valence-electron chi connectivity index (χ1n) is 3.74. The van der Waals surface area contributed by atoms with E-state index in [-0.39, 0.29) is 0 Å². The maximum absolute atomic E-state index is 4.05. The molecule has 52 valence electrons. The van der Waals surface area contributed by atoms with Gasteiger partial charge in [0.2, 0.25) is 0 Å². The quantitative estimate of drug-likeness (QED) is 0.534. The summed E-state index contributed by atoms with van der Waals surface area (Å²) < 4.78 is 0. The normalized spacial score (nSPS) is 23.2. The van der Waals surface area contributed by atoms with Crippen molar-refractivity contribution in [3.8, 4) is 0 Å². The molecule has 1 aliphatic rings. The molecule has 0 amide bonds. The van der Waals surface area contributed by atoms with Crippen LogP contribution in [0.3, 0.4) is 0 Å². The summed E-state index contributed by atoms with van der Waals surface area (Å²) in [6, 6.07) is 0. The van der Waals surface area contributed by atoms with Crippen molar-refractivity contribution in [2.75, 3.05) is 0 Å². The highest BCUT2D eigenvalue weighted by molar-refractivity contribution is 7.83. The summed E-state index contributed by atoms with van der Waals surface area (Å²) in [7, 11) is 0. The largest absolute Gasteiger partial charge is 0.152 e. The SMILES string of the molecule is SC=CC1CCCCC1. The molecule has 0 N–H and O–H groups in total. The smallest absolute Gasteiger partial charge is 0.0225 e. The van der Waals surface area contributed by atoms with Gasteiger partial charge in [0.1, 0.15) is 0 Å². The Morgan fingerprint density at radius 1 is 1.11 bits per heavy atom. The molecule has 1 aliphatic carbocycles. The fourth-order valence-electron chi connectivity index (χ4n) is 1.45. The summed E-state index contributed by atoms with van der Waals surface area (Å²) in [5.41, 5.74) is 0. The van der Waals surface area contributed by atoms with Gasteiger partial charge < -0.3 is 0 Å². The van der Waals surface area contributed by atoms with Crippen molar-refractivity contribution >= 4 is 12.6 Å². The lowest BCUT2D eigenvalue weighted by Crippen LogP contribution is -2.01. The molecule has 0 atom stereocenters. The molecule has 0 bridgehead atoms. The highest BCUT2D eigenvalue weighted by Gasteiger charge is 2.08. The zero-order valence-electron chi connectivity index (χ0n) is 5.71. The van der Waals surface area contributed by atoms with Crippen LogP contribution < -0.4 is 0 Å². The first-order valence-corrected chi connectivity index (χ1v) is 4.26. The van der Waals surface area contributed by atoms with Gasteiger partial charge in [-0.3, -0.25) is 0 Å². The average Bonchev–Trinajstić information content (AvgIpc) is 1.91. The standard InChI is InChI=1S/C8H14S/c9-7-6-8-4-2-1-3-5-8/h6-9H,1-5H2. The Hall–Kier alpha value is 0.0900. The van der Waals surface area contributed by atoms with Gasteiger partial charge in [0.15, 0.2) is 0 Å². The third-order valence-corrected chi connectivity index (χ3v) is 2.18.